The van der Waals surface area contributed by atoms with E-state index in [1.54, 1.807) is 0 Å². The number of aryl methyl sites for hydroxylation is 1. The zero-order valence-corrected chi connectivity index (χ0v) is 6.11. The third-order valence-electron chi connectivity index (χ3n) is 1.10. The van der Waals surface area contributed by atoms with E-state index in [1.807, 2.05) is 37.3 Å². The number of rotatable bonds is 0. The van der Waals surface area contributed by atoms with Gasteiger partial charge in [-0.05, 0) is 24.6 Å². The predicted octanol–water partition coefficient (Wildman–Crippen LogP) is 2.72. The Hall–Kier alpha value is -0.690. The molecule has 0 aliphatic rings. The highest BCUT2D eigenvalue weighted by atomic mass is 32.1. The highest BCUT2D eigenvalue weighted by Crippen LogP contribution is 1.95. The van der Waals surface area contributed by atoms with Gasteiger partial charge in [0, 0.05) is 4.51 Å². The molecule has 0 aliphatic carbocycles. The van der Waals surface area contributed by atoms with Gasteiger partial charge in [-0.3, -0.25) is 0 Å². The second-order valence-corrected chi connectivity index (χ2v) is 2.48. The van der Waals surface area contributed by atoms with Gasteiger partial charge in [0.2, 0.25) is 0 Å². The molecule has 1 heteroatoms. The molecule has 0 aromatic heterocycles. The van der Waals surface area contributed by atoms with E-state index in [1.165, 1.54) is 5.56 Å². The van der Waals surface area contributed by atoms with Crippen LogP contribution in [0, 0.1) is 11.4 Å². The highest BCUT2D eigenvalue weighted by Gasteiger charge is 1.76. The van der Waals surface area contributed by atoms with Crippen LogP contribution in [0.1, 0.15) is 5.56 Å². The quantitative estimate of drug-likeness (QED) is 0.494. The average molecular weight is 136 g/mol. The van der Waals surface area contributed by atoms with Crippen molar-refractivity contribution >= 4 is 12.2 Å². The molecular weight excluding hydrogens is 128 g/mol. The number of hydrogen-bond donors (Lipinski definition) is 0. The van der Waals surface area contributed by atoms with Gasteiger partial charge >= 0.3 is 0 Å². The second kappa shape index (κ2) is 2.74. The van der Waals surface area contributed by atoms with Crippen LogP contribution in [0.15, 0.2) is 30.3 Å². The van der Waals surface area contributed by atoms with Crippen LogP contribution < -0.4 is 0 Å². The summed E-state index contributed by atoms with van der Waals surface area (Å²) in [5, 5.41) is 0. The van der Waals surface area contributed by atoms with Crippen LogP contribution in [0.25, 0.3) is 0 Å². The van der Waals surface area contributed by atoms with Gasteiger partial charge < -0.3 is 0 Å². The van der Waals surface area contributed by atoms with Crippen molar-refractivity contribution in [2.45, 2.75) is 6.92 Å². The maximum atomic E-state index is 4.97. The first-order chi connectivity index (χ1) is 4.29. The van der Waals surface area contributed by atoms with Crippen LogP contribution in [-0.2, 0) is 0 Å². The van der Waals surface area contributed by atoms with Crippen LogP contribution in [0.4, 0.5) is 0 Å². The van der Waals surface area contributed by atoms with Crippen LogP contribution in [-0.4, -0.2) is 0 Å². The summed E-state index contributed by atoms with van der Waals surface area (Å²) in [6.07, 6.45) is 0. The lowest BCUT2D eigenvalue weighted by molar-refractivity contribution is 1.51. The van der Waals surface area contributed by atoms with Crippen molar-refractivity contribution < 1.29 is 0 Å². The summed E-state index contributed by atoms with van der Waals surface area (Å²) in [6.45, 7) is 2.04. The standard InChI is InChI=1S/C8H8S/c1-7-4-2-3-5-8(9)6-7/h2-6H,1H3. The van der Waals surface area contributed by atoms with E-state index >= 15 is 0 Å². The Morgan fingerprint density at radius 2 is 1.89 bits per heavy atom. The van der Waals surface area contributed by atoms with Crippen LogP contribution >= 0.6 is 12.2 Å². The molecule has 46 valence electrons. The predicted molar refractivity (Wildman–Crippen MR) is 42.0 cm³/mol. The minimum Gasteiger partial charge on any atom is -0.0801 e. The van der Waals surface area contributed by atoms with Gasteiger partial charge in [-0.25, -0.2) is 0 Å². The largest absolute Gasteiger partial charge is 0.0801 e. The minimum atomic E-state index is 0.900. The minimum absolute atomic E-state index is 0.900. The van der Waals surface area contributed by atoms with Gasteiger partial charge in [-0.1, -0.05) is 30.4 Å². The number of hydrogen-bond acceptors (Lipinski definition) is 1. The Balaban J connectivity index is 3.37. The van der Waals surface area contributed by atoms with Gasteiger partial charge in [0.05, 0.1) is 0 Å². The topological polar surface area (TPSA) is 0 Å². The Kier molecular flexibility index (Phi) is 1.96. The van der Waals surface area contributed by atoms with Crippen molar-refractivity contribution in [3.8, 4) is 0 Å². The smallest absolute Gasteiger partial charge is 0.0379 e. The lowest BCUT2D eigenvalue weighted by Gasteiger charge is -1.75. The molecule has 9 heavy (non-hydrogen) atoms. The van der Waals surface area contributed by atoms with Crippen molar-refractivity contribution in [3.63, 3.8) is 0 Å². The lowest BCUT2D eigenvalue weighted by Crippen LogP contribution is -1.57. The Morgan fingerprint density at radius 1 is 1.22 bits per heavy atom. The van der Waals surface area contributed by atoms with E-state index in [-0.39, 0.29) is 0 Å². The average Bonchev–Trinajstić information content (AvgIpc) is 1.93. The van der Waals surface area contributed by atoms with Crippen LogP contribution in [0.2, 0.25) is 0 Å². The van der Waals surface area contributed by atoms with Crippen molar-refractivity contribution in [3.05, 3.63) is 40.4 Å². The first-order valence-corrected chi connectivity index (χ1v) is 3.27. The summed E-state index contributed by atoms with van der Waals surface area (Å²) in [7, 11) is 0. The van der Waals surface area contributed by atoms with E-state index in [9.17, 15) is 0 Å². The van der Waals surface area contributed by atoms with Crippen molar-refractivity contribution in [1.29, 1.82) is 0 Å². The van der Waals surface area contributed by atoms with Crippen molar-refractivity contribution in [2.24, 2.45) is 0 Å². The molecule has 0 saturated heterocycles. The highest BCUT2D eigenvalue weighted by molar-refractivity contribution is 7.71. The lowest BCUT2D eigenvalue weighted by atomic mass is 10.3. The Bertz CT molecular complexity index is 252. The fraction of sp³-hybridized carbons (Fsp3) is 0.125. The summed E-state index contributed by atoms with van der Waals surface area (Å²) in [4.78, 5) is 0. The Labute approximate surface area is 60.2 Å². The van der Waals surface area contributed by atoms with Gasteiger partial charge in [0.1, 0.15) is 0 Å². The van der Waals surface area contributed by atoms with E-state index < -0.39 is 0 Å². The van der Waals surface area contributed by atoms with Crippen LogP contribution in [0.5, 0.6) is 0 Å². The SMILES string of the molecule is Cc1ccccc(=S)c1. The van der Waals surface area contributed by atoms with E-state index in [2.05, 4.69) is 0 Å². The third kappa shape index (κ3) is 1.94. The first kappa shape index (κ1) is 6.43. The molecule has 0 amide bonds. The molecule has 0 saturated carbocycles. The molecular formula is C8H8S. The van der Waals surface area contributed by atoms with Gasteiger partial charge in [0.15, 0.2) is 0 Å². The normalized spacial score (nSPS) is 9.00. The summed E-state index contributed by atoms with van der Waals surface area (Å²) in [6, 6.07) is 9.88. The molecule has 1 rings (SSSR count). The maximum Gasteiger partial charge on any atom is 0.0379 e. The van der Waals surface area contributed by atoms with E-state index in [4.69, 9.17) is 12.2 Å². The molecule has 0 radical (unpaired) electrons. The molecule has 0 atom stereocenters. The first-order valence-electron chi connectivity index (χ1n) is 2.86. The Morgan fingerprint density at radius 3 is 2.67 bits per heavy atom. The zero-order valence-electron chi connectivity index (χ0n) is 5.29. The van der Waals surface area contributed by atoms with Crippen molar-refractivity contribution in [1.82, 2.24) is 0 Å². The summed E-state index contributed by atoms with van der Waals surface area (Å²) >= 11 is 4.97. The van der Waals surface area contributed by atoms with Gasteiger partial charge in [-0.2, -0.15) is 0 Å². The molecule has 0 unspecified atom stereocenters. The molecule has 0 heterocycles. The molecule has 0 aliphatic heterocycles. The second-order valence-electron chi connectivity index (χ2n) is 2.01. The molecule has 1 aromatic carbocycles. The maximum absolute atomic E-state index is 4.97. The molecule has 1 aromatic rings. The molecule has 0 fully saturated rings. The van der Waals surface area contributed by atoms with Crippen molar-refractivity contribution in [2.75, 3.05) is 0 Å². The summed E-state index contributed by atoms with van der Waals surface area (Å²) < 4.78 is 0.900. The third-order valence-corrected chi connectivity index (χ3v) is 1.35. The molecule has 0 nitrogen and oxygen atoms in total. The van der Waals surface area contributed by atoms with Gasteiger partial charge in [-0.15, -0.1) is 0 Å². The fourth-order valence-electron chi connectivity index (χ4n) is 0.678. The fourth-order valence-corrected chi connectivity index (χ4v) is 0.943. The summed E-state index contributed by atoms with van der Waals surface area (Å²) in [5.41, 5.74) is 1.21. The van der Waals surface area contributed by atoms with E-state index in [0.29, 0.717) is 0 Å². The van der Waals surface area contributed by atoms with Gasteiger partial charge in [0.25, 0.3) is 0 Å². The molecule has 0 N–H and O–H groups in total. The summed E-state index contributed by atoms with van der Waals surface area (Å²) in [5.74, 6) is 0. The molecule has 0 spiro atoms. The zero-order chi connectivity index (χ0) is 6.69. The molecule has 0 bridgehead atoms. The monoisotopic (exact) mass is 136 g/mol. The van der Waals surface area contributed by atoms with E-state index in [0.717, 1.165) is 4.51 Å². The van der Waals surface area contributed by atoms with Crippen LogP contribution in [0.3, 0.4) is 0 Å².